The van der Waals surface area contributed by atoms with E-state index in [-0.39, 0.29) is 11.2 Å². The average Bonchev–Trinajstić information content (AvgIpc) is 2.91. The molecule has 0 saturated carbocycles. The van der Waals surface area contributed by atoms with Gasteiger partial charge in [0.2, 0.25) is 0 Å². The fourth-order valence-corrected chi connectivity index (χ4v) is 2.91. The molecule has 0 N–H and O–H groups in total. The van der Waals surface area contributed by atoms with Crippen molar-refractivity contribution in [2.75, 3.05) is 0 Å². The van der Waals surface area contributed by atoms with Crippen LogP contribution < -0.4 is 11.2 Å². The second-order valence-electron chi connectivity index (χ2n) is 5.50. The minimum atomic E-state index is -0.300. The molecule has 0 radical (unpaired) electrons. The topological polar surface area (TPSA) is 48.9 Å². The van der Waals surface area contributed by atoms with E-state index in [0.29, 0.717) is 10.9 Å². The number of rotatable bonds is 3. The Kier molecular flexibility index (Phi) is 3.48. The predicted octanol–water partition coefficient (Wildman–Crippen LogP) is 2.12. The van der Waals surface area contributed by atoms with Gasteiger partial charge in [0.1, 0.15) is 0 Å². The lowest BCUT2D eigenvalue weighted by molar-refractivity contribution is 0.689. The summed E-state index contributed by atoms with van der Waals surface area (Å²) >= 11 is 0. The van der Waals surface area contributed by atoms with Crippen LogP contribution in [0, 0.1) is 0 Å². The van der Waals surface area contributed by atoms with E-state index in [2.05, 4.69) is 11.5 Å². The fourth-order valence-electron chi connectivity index (χ4n) is 2.91. The summed E-state index contributed by atoms with van der Waals surface area (Å²) in [6.45, 7) is 2.90. The first kappa shape index (κ1) is 14.4. The van der Waals surface area contributed by atoms with Crippen LogP contribution >= 0.6 is 0 Å². The summed E-state index contributed by atoms with van der Waals surface area (Å²) in [6, 6.07) is 9.84. The number of hydrogen-bond donors (Lipinski definition) is 0. The maximum Gasteiger partial charge on any atom is 0.330 e. The molecule has 22 heavy (non-hydrogen) atoms. The first-order valence-electron chi connectivity index (χ1n) is 7.40. The standard InChI is InChI=1S/C17H19N3O2/c1-4-10-20-11-13-14(15(20)12-8-6-5-7-9-12)16(21)19(3)17(22)18(13)2/h5-9,11H,4,10H2,1-3H3. The van der Waals surface area contributed by atoms with Crippen molar-refractivity contribution in [2.24, 2.45) is 14.1 Å². The summed E-state index contributed by atoms with van der Waals surface area (Å²) in [4.78, 5) is 24.8. The Morgan fingerprint density at radius 2 is 1.68 bits per heavy atom. The van der Waals surface area contributed by atoms with Crippen LogP contribution in [0.2, 0.25) is 0 Å². The second-order valence-corrected chi connectivity index (χ2v) is 5.50. The smallest absolute Gasteiger partial charge is 0.330 e. The predicted molar refractivity (Wildman–Crippen MR) is 88.1 cm³/mol. The van der Waals surface area contributed by atoms with Gasteiger partial charge in [-0.15, -0.1) is 0 Å². The zero-order valence-electron chi connectivity index (χ0n) is 13.0. The Labute approximate surface area is 128 Å². The van der Waals surface area contributed by atoms with Crippen molar-refractivity contribution in [3.63, 3.8) is 0 Å². The van der Waals surface area contributed by atoms with Crippen molar-refractivity contribution in [1.82, 2.24) is 13.7 Å². The summed E-state index contributed by atoms with van der Waals surface area (Å²) in [5.74, 6) is 0. The number of fused-ring (bicyclic) bond motifs is 1. The first-order chi connectivity index (χ1) is 10.6. The third kappa shape index (κ3) is 2.01. The van der Waals surface area contributed by atoms with E-state index in [1.54, 1.807) is 7.05 Å². The molecule has 0 unspecified atom stereocenters. The van der Waals surface area contributed by atoms with E-state index >= 15 is 0 Å². The number of aryl methyl sites for hydroxylation is 2. The van der Waals surface area contributed by atoms with Crippen LogP contribution in [0.4, 0.5) is 0 Å². The average molecular weight is 297 g/mol. The van der Waals surface area contributed by atoms with Crippen LogP contribution in [-0.4, -0.2) is 13.7 Å². The summed E-state index contributed by atoms with van der Waals surface area (Å²) < 4.78 is 4.78. The molecule has 0 amide bonds. The summed E-state index contributed by atoms with van der Waals surface area (Å²) in [5.41, 5.74) is 2.01. The van der Waals surface area contributed by atoms with Crippen LogP contribution in [0.1, 0.15) is 13.3 Å². The van der Waals surface area contributed by atoms with E-state index in [1.165, 1.54) is 16.2 Å². The molecular weight excluding hydrogens is 278 g/mol. The third-order valence-corrected chi connectivity index (χ3v) is 4.02. The molecule has 1 aromatic carbocycles. The second kappa shape index (κ2) is 5.33. The Hall–Kier alpha value is -2.56. The van der Waals surface area contributed by atoms with Crippen LogP contribution in [-0.2, 0) is 20.6 Å². The molecule has 0 saturated heterocycles. The van der Waals surface area contributed by atoms with Crippen LogP contribution in [0.5, 0.6) is 0 Å². The third-order valence-electron chi connectivity index (χ3n) is 4.02. The molecule has 0 aliphatic heterocycles. The monoisotopic (exact) mass is 297 g/mol. The van der Waals surface area contributed by atoms with Crippen molar-refractivity contribution < 1.29 is 0 Å². The SMILES string of the molecule is CCCn1cc2c(c1-c1ccccc1)c(=O)n(C)c(=O)n2C. The zero-order chi connectivity index (χ0) is 15.9. The Morgan fingerprint density at radius 1 is 1.00 bits per heavy atom. The lowest BCUT2D eigenvalue weighted by Gasteiger charge is -2.08. The minimum Gasteiger partial charge on any atom is -0.345 e. The van der Waals surface area contributed by atoms with E-state index in [1.807, 2.05) is 36.5 Å². The molecule has 0 atom stereocenters. The van der Waals surface area contributed by atoms with Gasteiger partial charge in [-0.2, -0.15) is 0 Å². The van der Waals surface area contributed by atoms with Gasteiger partial charge in [0.05, 0.1) is 16.6 Å². The fraction of sp³-hybridized carbons (Fsp3) is 0.294. The van der Waals surface area contributed by atoms with Gasteiger partial charge in [-0.25, -0.2) is 4.79 Å². The van der Waals surface area contributed by atoms with Crippen molar-refractivity contribution in [3.8, 4) is 11.3 Å². The van der Waals surface area contributed by atoms with E-state index in [9.17, 15) is 9.59 Å². The zero-order valence-corrected chi connectivity index (χ0v) is 13.0. The largest absolute Gasteiger partial charge is 0.345 e. The van der Waals surface area contributed by atoms with Crippen molar-refractivity contribution in [3.05, 3.63) is 57.4 Å². The summed E-state index contributed by atoms with van der Waals surface area (Å²) in [7, 11) is 3.23. The highest BCUT2D eigenvalue weighted by Crippen LogP contribution is 2.27. The quantitative estimate of drug-likeness (QED) is 0.743. The molecule has 114 valence electrons. The Bertz CT molecular complexity index is 946. The highest BCUT2D eigenvalue weighted by molar-refractivity contribution is 5.93. The molecule has 0 aliphatic carbocycles. The van der Waals surface area contributed by atoms with Gasteiger partial charge in [0, 0.05) is 26.8 Å². The van der Waals surface area contributed by atoms with E-state index in [0.717, 1.165) is 24.2 Å². The molecule has 2 heterocycles. The Morgan fingerprint density at radius 3 is 2.32 bits per heavy atom. The van der Waals surface area contributed by atoms with Crippen molar-refractivity contribution >= 4 is 10.9 Å². The highest BCUT2D eigenvalue weighted by Gasteiger charge is 2.18. The molecule has 0 spiro atoms. The molecule has 3 rings (SSSR count). The maximum absolute atomic E-state index is 12.6. The van der Waals surface area contributed by atoms with Crippen LogP contribution in [0.3, 0.4) is 0 Å². The minimum absolute atomic E-state index is 0.244. The van der Waals surface area contributed by atoms with Gasteiger partial charge in [-0.1, -0.05) is 37.3 Å². The lowest BCUT2D eigenvalue weighted by atomic mass is 10.1. The molecular formula is C17H19N3O2. The molecule has 0 aliphatic rings. The van der Waals surface area contributed by atoms with Crippen LogP contribution in [0.25, 0.3) is 22.2 Å². The van der Waals surface area contributed by atoms with Gasteiger partial charge in [-0.3, -0.25) is 13.9 Å². The molecule has 0 fully saturated rings. The molecule has 0 bridgehead atoms. The lowest BCUT2D eigenvalue weighted by Crippen LogP contribution is -2.36. The van der Waals surface area contributed by atoms with Gasteiger partial charge in [0.15, 0.2) is 0 Å². The number of aromatic nitrogens is 3. The number of nitrogens with zero attached hydrogens (tertiary/aromatic N) is 3. The number of hydrogen-bond acceptors (Lipinski definition) is 2. The molecule has 2 aromatic heterocycles. The number of benzene rings is 1. The molecule has 3 aromatic rings. The maximum atomic E-state index is 12.6. The van der Waals surface area contributed by atoms with Gasteiger partial charge in [0.25, 0.3) is 5.56 Å². The molecule has 5 nitrogen and oxygen atoms in total. The van der Waals surface area contributed by atoms with Gasteiger partial charge >= 0.3 is 5.69 Å². The van der Waals surface area contributed by atoms with Gasteiger partial charge < -0.3 is 4.57 Å². The van der Waals surface area contributed by atoms with Crippen molar-refractivity contribution in [2.45, 2.75) is 19.9 Å². The van der Waals surface area contributed by atoms with E-state index < -0.39 is 0 Å². The summed E-state index contributed by atoms with van der Waals surface area (Å²) in [5, 5.41) is 0.601. The van der Waals surface area contributed by atoms with Crippen LogP contribution in [0.15, 0.2) is 46.1 Å². The molecule has 5 heteroatoms. The van der Waals surface area contributed by atoms with Gasteiger partial charge in [-0.05, 0) is 12.0 Å². The van der Waals surface area contributed by atoms with Crippen molar-refractivity contribution in [1.29, 1.82) is 0 Å². The highest BCUT2D eigenvalue weighted by atomic mass is 16.2. The Balaban J connectivity index is 2.51. The first-order valence-corrected chi connectivity index (χ1v) is 7.40. The van der Waals surface area contributed by atoms with E-state index in [4.69, 9.17) is 0 Å². The summed E-state index contributed by atoms with van der Waals surface area (Å²) in [6.07, 6.45) is 2.86. The normalized spacial score (nSPS) is 11.2.